The van der Waals surface area contributed by atoms with Crippen molar-refractivity contribution in [2.75, 3.05) is 20.2 Å². The Bertz CT molecular complexity index is 992. The number of methoxy groups -OCH3 is 1. The van der Waals surface area contributed by atoms with E-state index in [1.807, 2.05) is 20.8 Å². The molecule has 9 heteroatoms. The largest absolute Gasteiger partial charge is 0.493 e. The lowest BCUT2D eigenvalue weighted by Gasteiger charge is -2.33. The summed E-state index contributed by atoms with van der Waals surface area (Å²) in [5, 5.41) is 9.82. The minimum absolute atomic E-state index is 0.118. The van der Waals surface area contributed by atoms with Crippen molar-refractivity contribution in [3.8, 4) is 28.8 Å². The molecular formula is C22H25ClN4O4. The minimum Gasteiger partial charge on any atom is -0.493 e. The van der Waals surface area contributed by atoms with Crippen molar-refractivity contribution in [2.24, 2.45) is 0 Å². The van der Waals surface area contributed by atoms with E-state index in [4.69, 9.17) is 25.8 Å². The Morgan fingerprint density at radius 3 is 2.58 bits per heavy atom. The van der Waals surface area contributed by atoms with Crippen LogP contribution >= 0.6 is 11.6 Å². The van der Waals surface area contributed by atoms with Crippen molar-refractivity contribution < 1.29 is 19.0 Å². The summed E-state index contributed by atoms with van der Waals surface area (Å²) in [5.41, 5.74) is 1.05. The highest BCUT2D eigenvalue weighted by molar-refractivity contribution is 6.28. The number of rotatable bonds is 4. The average molecular weight is 445 g/mol. The van der Waals surface area contributed by atoms with Crippen molar-refractivity contribution in [3.05, 3.63) is 35.2 Å². The number of carbonyl (C=O) groups excluding carboxylic acids is 1. The predicted octanol–water partition coefficient (Wildman–Crippen LogP) is 4.46. The van der Waals surface area contributed by atoms with Crippen LogP contribution in [0, 0.1) is 11.3 Å². The third-order valence-corrected chi connectivity index (χ3v) is 4.88. The van der Waals surface area contributed by atoms with Gasteiger partial charge in [-0.05, 0) is 50.6 Å². The molecule has 1 aliphatic heterocycles. The monoisotopic (exact) mass is 444 g/mol. The number of aromatic nitrogens is 2. The summed E-state index contributed by atoms with van der Waals surface area (Å²) in [6.45, 7) is 6.56. The Balaban J connectivity index is 1.75. The lowest BCUT2D eigenvalue weighted by Crippen LogP contribution is -2.44. The summed E-state index contributed by atoms with van der Waals surface area (Å²) >= 11 is 5.89. The maximum Gasteiger partial charge on any atom is 0.410 e. The van der Waals surface area contributed by atoms with E-state index in [2.05, 4.69) is 16.0 Å². The molecule has 8 nitrogen and oxygen atoms in total. The highest BCUT2D eigenvalue weighted by atomic mass is 35.5. The molecule has 0 saturated carbocycles. The maximum atomic E-state index is 12.3. The number of hydrogen-bond acceptors (Lipinski definition) is 7. The van der Waals surface area contributed by atoms with E-state index in [1.54, 1.807) is 29.3 Å². The first-order chi connectivity index (χ1) is 14.7. The number of ether oxygens (including phenoxy) is 3. The molecule has 0 bridgehead atoms. The highest BCUT2D eigenvalue weighted by Gasteiger charge is 2.29. The van der Waals surface area contributed by atoms with Crippen molar-refractivity contribution in [1.29, 1.82) is 5.26 Å². The predicted molar refractivity (Wildman–Crippen MR) is 115 cm³/mol. The van der Waals surface area contributed by atoms with Gasteiger partial charge in [-0.25, -0.2) is 14.8 Å². The Labute approximate surface area is 186 Å². The maximum absolute atomic E-state index is 12.3. The fourth-order valence-electron chi connectivity index (χ4n) is 3.25. The van der Waals surface area contributed by atoms with Gasteiger partial charge in [0.15, 0.2) is 11.5 Å². The number of amides is 1. The molecule has 0 spiro atoms. The number of likely N-dealkylation sites (tertiary alicyclic amines) is 1. The van der Waals surface area contributed by atoms with Crippen LogP contribution in [0.1, 0.15) is 39.2 Å². The molecule has 2 aromatic rings. The molecule has 1 fully saturated rings. The van der Waals surface area contributed by atoms with Crippen LogP contribution in [0.5, 0.6) is 11.5 Å². The molecule has 1 aromatic carbocycles. The van der Waals surface area contributed by atoms with Crippen molar-refractivity contribution in [1.82, 2.24) is 14.9 Å². The van der Waals surface area contributed by atoms with Crippen LogP contribution in [0.2, 0.25) is 5.28 Å². The van der Waals surface area contributed by atoms with Crippen LogP contribution in [-0.4, -0.2) is 52.9 Å². The smallest absolute Gasteiger partial charge is 0.410 e. The van der Waals surface area contributed by atoms with E-state index >= 15 is 0 Å². The lowest BCUT2D eigenvalue weighted by atomic mass is 10.0. The summed E-state index contributed by atoms with van der Waals surface area (Å²) in [6, 6.07) is 7.32. The van der Waals surface area contributed by atoms with E-state index in [0.717, 1.165) is 0 Å². The van der Waals surface area contributed by atoms with Gasteiger partial charge in [-0.2, -0.15) is 5.26 Å². The van der Waals surface area contributed by atoms with Gasteiger partial charge in [-0.15, -0.1) is 0 Å². The van der Waals surface area contributed by atoms with Crippen LogP contribution in [0.3, 0.4) is 0 Å². The van der Waals surface area contributed by atoms with Crippen molar-refractivity contribution >= 4 is 17.7 Å². The van der Waals surface area contributed by atoms with Gasteiger partial charge < -0.3 is 19.1 Å². The van der Waals surface area contributed by atoms with Gasteiger partial charge in [0.2, 0.25) is 5.28 Å². The first-order valence-electron chi connectivity index (χ1n) is 9.96. The molecule has 0 atom stereocenters. The van der Waals surface area contributed by atoms with Gasteiger partial charge in [-0.1, -0.05) is 0 Å². The zero-order valence-corrected chi connectivity index (χ0v) is 18.8. The number of nitrogens with zero attached hydrogens (tertiary/aromatic N) is 4. The molecule has 1 aromatic heterocycles. The normalized spacial score (nSPS) is 14.6. The SMILES string of the molecule is COc1cc(-c2ccnc(Cl)n2)cc(C#N)c1OC1CCN(C(=O)OC(C)(C)C)CC1. The minimum atomic E-state index is -0.533. The summed E-state index contributed by atoms with van der Waals surface area (Å²) in [4.78, 5) is 22.0. The molecule has 0 radical (unpaired) electrons. The molecule has 0 aliphatic carbocycles. The van der Waals surface area contributed by atoms with E-state index in [9.17, 15) is 10.1 Å². The van der Waals surface area contributed by atoms with E-state index in [-0.39, 0.29) is 17.5 Å². The van der Waals surface area contributed by atoms with Gasteiger partial charge in [0, 0.05) is 37.7 Å². The Morgan fingerprint density at radius 2 is 2.00 bits per heavy atom. The van der Waals surface area contributed by atoms with E-state index < -0.39 is 5.60 Å². The Kier molecular flexibility index (Phi) is 6.86. The van der Waals surface area contributed by atoms with E-state index in [1.165, 1.54) is 7.11 Å². The number of nitriles is 1. The molecule has 0 N–H and O–H groups in total. The fourth-order valence-corrected chi connectivity index (χ4v) is 3.40. The summed E-state index contributed by atoms with van der Waals surface area (Å²) in [6.07, 6.45) is 2.31. The zero-order chi connectivity index (χ0) is 22.6. The van der Waals surface area contributed by atoms with Crippen LogP contribution in [-0.2, 0) is 4.74 Å². The summed E-state index contributed by atoms with van der Waals surface area (Å²) in [7, 11) is 1.52. The zero-order valence-electron chi connectivity index (χ0n) is 18.0. The molecule has 164 valence electrons. The van der Waals surface area contributed by atoms with Crippen molar-refractivity contribution in [3.63, 3.8) is 0 Å². The van der Waals surface area contributed by atoms with Gasteiger partial charge in [0.1, 0.15) is 17.8 Å². The summed E-state index contributed by atoms with van der Waals surface area (Å²) < 4.78 is 17.1. The average Bonchev–Trinajstić information content (AvgIpc) is 2.73. The summed E-state index contributed by atoms with van der Waals surface area (Å²) in [5.74, 6) is 0.808. The number of carbonyl (C=O) groups is 1. The molecule has 1 aliphatic rings. The van der Waals surface area contributed by atoms with Gasteiger partial charge in [0.05, 0.1) is 18.4 Å². The Hall–Kier alpha value is -3.05. The second-order valence-corrected chi connectivity index (χ2v) is 8.50. The van der Waals surface area contributed by atoms with Gasteiger partial charge in [-0.3, -0.25) is 0 Å². The topological polar surface area (TPSA) is 97.6 Å². The third kappa shape index (κ3) is 5.76. The number of hydrogen-bond donors (Lipinski definition) is 0. The highest BCUT2D eigenvalue weighted by Crippen LogP contribution is 2.37. The quantitative estimate of drug-likeness (QED) is 0.642. The van der Waals surface area contributed by atoms with Crippen LogP contribution < -0.4 is 9.47 Å². The Morgan fingerprint density at radius 1 is 1.29 bits per heavy atom. The second kappa shape index (κ2) is 9.40. The van der Waals surface area contributed by atoms with Crippen LogP contribution in [0.15, 0.2) is 24.4 Å². The molecule has 0 unspecified atom stereocenters. The first kappa shape index (κ1) is 22.6. The molecule has 1 amide bonds. The second-order valence-electron chi connectivity index (χ2n) is 8.16. The molecule has 31 heavy (non-hydrogen) atoms. The van der Waals surface area contributed by atoms with Gasteiger partial charge >= 0.3 is 6.09 Å². The molecular weight excluding hydrogens is 420 g/mol. The van der Waals surface area contributed by atoms with Gasteiger partial charge in [0.25, 0.3) is 0 Å². The standard InChI is InChI=1S/C22H25ClN4O4/c1-22(2,3)31-21(28)27-9-6-16(7-10-27)30-19-15(13-24)11-14(12-18(19)29-4)17-5-8-25-20(23)26-17/h5,8,11-12,16H,6-7,9-10H2,1-4H3. The first-order valence-corrected chi connectivity index (χ1v) is 10.3. The molecule has 3 rings (SSSR count). The van der Waals surface area contributed by atoms with Crippen LogP contribution in [0.25, 0.3) is 11.3 Å². The number of piperidine rings is 1. The molecule has 1 saturated heterocycles. The number of halogens is 1. The van der Waals surface area contributed by atoms with Crippen molar-refractivity contribution in [2.45, 2.75) is 45.3 Å². The van der Waals surface area contributed by atoms with Crippen LogP contribution in [0.4, 0.5) is 4.79 Å². The fraction of sp³-hybridized carbons (Fsp3) is 0.455. The lowest BCUT2D eigenvalue weighted by molar-refractivity contribution is 0.0124. The third-order valence-electron chi connectivity index (χ3n) is 4.70. The van der Waals surface area contributed by atoms with E-state index in [0.29, 0.717) is 54.3 Å². The number of benzene rings is 1. The molecule has 2 heterocycles.